The van der Waals surface area contributed by atoms with Crippen molar-refractivity contribution in [2.75, 3.05) is 13.2 Å². The first-order valence-corrected chi connectivity index (χ1v) is 4.99. The lowest BCUT2D eigenvalue weighted by atomic mass is 9.99. The zero-order valence-electron chi connectivity index (χ0n) is 8.15. The molecule has 1 fully saturated rings. The maximum absolute atomic E-state index is 5.48. The molecule has 4 nitrogen and oxygen atoms in total. The summed E-state index contributed by atoms with van der Waals surface area (Å²) < 4.78 is 5.29. The lowest BCUT2D eigenvalue weighted by Crippen LogP contribution is -2.16. The van der Waals surface area contributed by atoms with Gasteiger partial charge in [0.15, 0.2) is 0 Å². The summed E-state index contributed by atoms with van der Waals surface area (Å²) in [7, 11) is 0. The van der Waals surface area contributed by atoms with E-state index in [4.69, 9.17) is 10.5 Å². The quantitative estimate of drug-likeness (QED) is 0.755. The summed E-state index contributed by atoms with van der Waals surface area (Å²) >= 11 is 0. The number of rotatable bonds is 2. The van der Waals surface area contributed by atoms with Crippen molar-refractivity contribution in [2.24, 2.45) is 5.73 Å². The van der Waals surface area contributed by atoms with Crippen molar-refractivity contribution >= 4 is 0 Å². The Kier molecular flexibility index (Phi) is 3.06. The second-order valence-electron chi connectivity index (χ2n) is 3.54. The first-order chi connectivity index (χ1) is 6.90. The van der Waals surface area contributed by atoms with E-state index in [-0.39, 0.29) is 0 Å². The van der Waals surface area contributed by atoms with Crippen molar-refractivity contribution in [1.82, 2.24) is 9.97 Å². The number of nitrogens with two attached hydrogens (primary N) is 1. The SMILES string of the molecule is NCc1cnc(C2CCOCC2)nc1. The normalized spacial score (nSPS) is 18.4. The first-order valence-electron chi connectivity index (χ1n) is 4.99. The molecular weight excluding hydrogens is 178 g/mol. The maximum Gasteiger partial charge on any atom is 0.131 e. The van der Waals surface area contributed by atoms with Gasteiger partial charge in [0.05, 0.1) is 0 Å². The third kappa shape index (κ3) is 2.08. The van der Waals surface area contributed by atoms with Crippen LogP contribution in [-0.4, -0.2) is 23.2 Å². The number of ether oxygens (including phenoxy) is 1. The van der Waals surface area contributed by atoms with E-state index in [1.165, 1.54) is 0 Å². The van der Waals surface area contributed by atoms with Crippen LogP contribution in [0.3, 0.4) is 0 Å². The molecule has 0 saturated carbocycles. The van der Waals surface area contributed by atoms with Crippen LogP contribution in [0.1, 0.15) is 30.1 Å². The van der Waals surface area contributed by atoms with Gasteiger partial charge in [-0.2, -0.15) is 0 Å². The molecule has 1 aromatic heterocycles. The largest absolute Gasteiger partial charge is 0.381 e. The molecule has 0 amide bonds. The van der Waals surface area contributed by atoms with Gasteiger partial charge in [0.25, 0.3) is 0 Å². The van der Waals surface area contributed by atoms with E-state index in [0.717, 1.165) is 37.4 Å². The van der Waals surface area contributed by atoms with E-state index in [9.17, 15) is 0 Å². The van der Waals surface area contributed by atoms with Gasteiger partial charge in [0, 0.05) is 43.6 Å². The molecule has 2 heterocycles. The van der Waals surface area contributed by atoms with Gasteiger partial charge >= 0.3 is 0 Å². The summed E-state index contributed by atoms with van der Waals surface area (Å²) in [4.78, 5) is 8.65. The van der Waals surface area contributed by atoms with Gasteiger partial charge in [0.1, 0.15) is 5.82 Å². The highest BCUT2D eigenvalue weighted by atomic mass is 16.5. The molecular formula is C10H15N3O. The van der Waals surface area contributed by atoms with Crippen molar-refractivity contribution in [3.63, 3.8) is 0 Å². The molecule has 0 bridgehead atoms. The maximum atomic E-state index is 5.48. The van der Waals surface area contributed by atoms with Gasteiger partial charge < -0.3 is 10.5 Å². The predicted molar refractivity (Wildman–Crippen MR) is 52.7 cm³/mol. The van der Waals surface area contributed by atoms with Crippen LogP contribution in [0.25, 0.3) is 0 Å². The van der Waals surface area contributed by atoms with Gasteiger partial charge in [-0.1, -0.05) is 0 Å². The number of aromatic nitrogens is 2. The van der Waals surface area contributed by atoms with Crippen LogP contribution < -0.4 is 5.73 Å². The average molecular weight is 193 g/mol. The minimum atomic E-state index is 0.468. The zero-order chi connectivity index (χ0) is 9.80. The summed E-state index contributed by atoms with van der Waals surface area (Å²) in [6.07, 6.45) is 5.69. The van der Waals surface area contributed by atoms with Crippen LogP contribution in [0, 0.1) is 0 Å². The molecule has 2 rings (SSSR count). The lowest BCUT2D eigenvalue weighted by molar-refractivity contribution is 0.0835. The molecule has 0 radical (unpaired) electrons. The molecule has 0 atom stereocenters. The van der Waals surface area contributed by atoms with E-state index in [1.54, 1.807) is 0 Å². The Labute approximate surface area is 83.5 Å². The molecule has 4 heteroatoms. The molecule has 0 aliphatic carbocycles. The van der Waals surface area contributed by atoms with Gasteiger partial charge in [0.2, 0.25) is 0 Å². The summed E-state index contributed by atoms with van der Waals surface area (Å²) in [5, 5.41) is 0. The van der Waals surface area contributed by atoms with E-state index in [2.05, 4.69) is 9.97 Å². The molecule has 0 unspecified atom stereocenters. The summed E-state index contributed by atoms with van der Waals surface area (Å²) in [5.41, 5.74) is 6.47. The molecule has 76 valence electrons. The smallest absolute Gasteiger partial charge is 0.131 e. The highest BCUT2D eigenvalue weighted by Crippen LogP contribution is 2.23. The minimum absolute atomic E-state index is 0.468. The summed E-state index contributed by atoms with van der Waals surface area (Å²) in [6, 6.07) is 0. The summed E-state index contributed by atoms with van der Waals surface area (Å²) in [6.45, 7) is 2.16. The number of hydrogen-bond acceptors (Lipinski definition) is 4. The Morgan fingerprint density at radius 3 is 2.50 bits per heavy atom. The van der Waals surface area contributed by atoms with Crippen LogP contribution >= 0.6 is 0 Å². The van der Waals surface area contributed by atoms with Crippen LogP contribution in [-0.2, 0) is 11.3 Å². The first kappa shape index (κ1) is 9.55. The summed E-state index contributed by atoms with van der Waals surface area (Å²) in [5.74, 6) is 1.40. The van der Waals surface area contributed by atoms with Gasteiger partial charge in [-0.05, 0) is 12.8 Å². The molecule has 1 aliphatic heterocycles. The van der Waals surface area contributed by atoms with Crippen molar-refractivity contribution in [1.29, 1.82) is 0 Å². The zero-order valence-corrected chi connectivity index (χ0v) is 8.15. The second kappa shape index (κ2) is 4.48. The van der Waals surface area contributed by atoms with Crippen LogP contribution in [0.5, 0.6) is 0 Å². The van der Waals surface area contributed by atoms with Crippen molar-refractivity contribution in [3.8, 4) is 0 Å². The monoisotopic (exact) mass is 193 g/mol. The predicted octanol–water partition coefficient (Wildman–Crippen LogP) is 0.829. The molecule has 2 N–H and O–H groups in total. The molecule has 0 aromatic carbocycles. The molecule has 1 saturated heterocycles. The fourth-order valence-electron chi connectivity index (χ4n) is 1.64. The third-order valence-electron chi connectivity index (χ3n) is 2.55. The Hall–Kier alpha value is -1.00. The molecule has 1 aliphatic rings. The second-order valence-corrected chi connectivity index (χ2v) is 3.54. The van der Waals surface area contributed by atoms with E-state index >= 15 is 0 Å². The third-order valence-corrected chi connectivity index (χ3v) is 2.55. The Morgan fingerprint density at radius 1 is 1.29 bits per heavy atom. The highest BCUT2D eigenvalue weighted by molar-refractivity contribution is 5.07. The van der Waals surface area contributed by atoms with E-state index < -0.39 is 0 Å². The molecule has 1 aromatic rings. The number of nitrogens with zero attached hydrogens (tertiary/aromatic N) is 2. The minimum Gasteiger partial charge on any atom is -0.381 e. The Balaban J connectivity index is 2.07. The van der Waals surface area contributed by atoms with Crippen LogP contribution in [0.4, 0.5) is 0 Å². The molecule has 0 spiro atoms. The Morgan fingerprint density at radius 2 is 1.93 bits per heavy atom. The fraction of sp³-hybridized carbons (Fsp3) is 0.600. The van der Waals surface area contributed by atoms with Gasteiger partial charge in [-0.3, -0.25) is 0 Å². The van der Waals surface area contributed by atoms with E-state index in [0.29, 0.717) is 12.5 Å². The molecule has 14 heavy (non-hydrogen) atoms. The van der Waals surface area contributed by atoms with Crippen molar-refractivity contribution < 1.29 is 4.74 Å². The number of hydrogen-bond donors (Lipinski definition) is 1. The van der Waals surface area contributed by atoms with Crippen molar-refractivity contribution in [3.05, 3.63) is 23.8 Å². The van der Waals surface area contributed by atoms with Gasteiger partial charge in [-0.15, -0.1) is 0 Å². The van der Waals surface area contributed by atoms with Gasteiger partial charge in [-0.25, -0.2) is 9.97 Å². The topological polar surface area (TPSA) is 61.0 Å². The highest BCUT2D eigenvalue weighted by Gasteiger charge is 2.17. The average Bonchev–Trinajstić information content (AvgIpc) is 2.30. The van der Waals surface area contributed by atoms with Crippen LogP contribution in [0.15, 0.2) is 12.4 Å². The fourth-order valence-corrected chi connectivity index (χ4v) is 1.64. The Bertz CT molecular complexity index is 280. The standard InChI is InChI=1S/C10H15N3O/c11-5-8-6-12-10(13-7-8)9-1-3-14-4-2-9/h6-7,9H,1-5,11H2. The van der Waals surface area contributed by atoms with Crippen molar-refractivity contribution in [2.45, 2.75) is 25.3 Å². The van der Waals surface area contributed by atoms with Crippen LogP contribution in [0.2, 0.25) is 0 Å². The lowest BCUT2D eigenvalue weighted by Gasteiger charge is -2.20. The van der Waals surface area contributed by atoms with E-state index in [1.807, 2.05) is 12.4 Å².